The van der Waals surface area contributed by atoms with Gasteiger partial charge in [-0.15, -0.1) is 0 Å². The fourth-order valence-electron chi connectivity index (χ4n) is 3.35. The number of nitrogens with one attached hydrogen (secondary N) is 1. The number of amides is 3. The van der Waals surface area contributed by atoms with Gasteiger partial charge in [-0.25, -0.2) is 9.69 Å². The second-order valence-corrected chi connectivity index (χ2v) is 7.62. The van der Waals surface area contributed by atoms with Crippen molar-refractivity contribution in [2.45, 2.75) is 6.61 Å². The summed E-state index contributed by atoms with van der Waals surface area (Å²) in [6, 6.07) is 17.2. The van der Waals surface area contributed by atoms with Crippen LogP contribution in [0.3, 0.4) is 0 Å². The van der Waals surface area contributed by atoms with E-state index in [9.17, 15) is 19.7 Å². The Labute approximate surface area is 199 Å². The molecule has 0 aliphatic carbocycles. The number of methoxy groups -OCH3 is 1. The van der Waals surface area contributed by atoms with Crippen molar-refractivity contribution in [1.82, 2.24) is 5.32 Å². The van der Waals surface area contributed by atoms with Gasteiger partial charge in [0.2, 0.25) is 0 Å². The van der Waals surface area contributed by atoms with E-state index in [-0.39, 0.29) is 28.8 Å². The van der Waals surface area contributed by atoms with Gasteiger partial charge < -0.3 is 14.8 Å². The fraction of sp³-hybridized carbons (Fsp3) is 0.0833. The van der Waals surface area contributed by atoms with E-state index in [1.165, 1.54) is 25.3 Å². The number of para-hydroxylation sites is 1. The van der Waals surface area contributed by atoms with Gasteiger partial charge in [-0.3, -0.25) is 14.9 Å². The molecule has 34 heavy (non-hydrogen) atoms. The van der Waals surface area contributed by atoms with Crippen LogP contribution in [0.2, 0.25) is 5.02 Å². The van der Waals surface area contributed by atoms with Crippen molar-refractivity contribution in [3.8, 4) is 11.5 Å². The van der Waals surface area contributed by atoms with E-state index in [4.69, 9.17) is 21.1 Å². The summed E-state index contributed by atoms with van der Waals surface area (Å²) >= 11 is 6.42. The molecule has 1 heterocycles. The lowest BCUT2D eigenvalue weighted by Crippen LogP contribution is -2.30. The van der Waals surface area contributed by atoms with Gasteiger partial charge in [0.25, 0.3) is 11.6 Å². The minimum absolute atomic E-state index is 0.0175. The summed E-state index contributed by atoms with van der Waals surface area (Å²) in [5.41, 5.74) is 1.75. The van der Waals surface area contributed by atoms with Gasteiger partial charge in [0.1, 0.15) is 12.3 Å². The maximum atomic E-state index is 12.8. The molecule has 0 saturated carbocycles. The average molecular weight is 480 g/mol. The van der Waals surface area contributed by atoms with Gasteiger partial charge in [-0.05, 0) is 53.6 Å². The Bertz CT molecular complexity index is 1290. The predicted molar refractivity (Wildman–Crippen MR) is 126 cm³/mol. The van der Waals surface area contributed by atoms with Crippen LogP contribution in [-0.2, 0) is 11.4 Å². The highest BCUT2D eigenvalue weighted by atomic mass is 35.5. The third-order valence-electron chi connectivity index (χ3n) is 4.99. The van der Waals surface area contributed by atoms with Crippen molar-refractivity contribution in [2.24, 2.45) is 0 Å². The van der Waals surface area contributed by atoms with Crippen LogP contribution < -0.4 is 19.7 Å². The van der Waals surface area contributed by atoms with Crippen molar-refractivity contribution in [1.29, 1.82) is 0 Å². The number of carbonyl (C=O) groups is 2. The molecule has 0 radical (unpaired) electrons. The Morgan fingerprint density at radius 2 is 1.79 bits per heavy atom. The van der Waals surface area contributed by atoms with Gasteiger partial charge in [0, 0.05) is 12.1 Å². The number of nitro groups is 1. The van der Waals surface area contributed by atoms with Crippen LogP contribution in [0.15, 0.2) is 72.4 Å². The molecule has 1 aliphatic heterocycles. The van der Waals surface area contributed by atoms with Crippen LogP contribution in [0.1, 0.15) is 11.1 Å². The van der Waals surface area contributed by atoms with Gasteiger partial charge >= 0.3 is 6.03 Å². The smallest absolute Gasteiger partial charge is 0.333 e. The third-order valence-corrected chi connectivity index (χ3v) is 5.27. The Morgan fingerprint density at radius 3 is 2.44 bits per heavy atom. The molecular weight excluding hydrogens is 462 g/mol. The number of carbonyl (C=O) groups excluding carboxylic acids is 2. The van der Waals surface area contributed by atoms with E-state index in [1.54, 1.807) is 54.6 Å². The molecule has 1 N–H and O–H groups in total. The largest absolute Gasteiger partial charge is 0.493 e. The number of nitrogens with zero attached hydrogens (tertiary/aromatic N) is 2. The summed E-state index contributed by atoms with van der Waals surface area (Å²) in [7, 11) is 1.45. The van der Waals surface area contributed by atoms with Crippen molar-refractivity contribution < 1.29 is 24.0 Å². The lowest BCUT2D eigenvalue weighted by Gasteiger charge is -2.13. The zero-order chi connectivity index (χ0) is 24.2. The molecule has 9 nitrogen and oxygen atoms in total. The number of hydrogen-bond acceptors (Lipinski definition) is 6. The molecule has 10 heteroatoms. The minimum atomic E-state index is -0.552. The van der Waals surface area contributed by atoms with Gasteiger partial charge in [0.15, 0.2) is 11.5 Å². The molecule has 3 amide bonds. The second kappa shape index (κ2) is 9.63. The number of imide groups is 1. The predicted octanol–water partition coefficient (Wildman–Crippen LogP) is 4.93. The number of non-ortho nitro benzene ring substituents is 1. The lowest BCUT2D eigenvalue weighted by atomic mass is 10.1. The number of hydrogen-bond donors (Lipinski definition) is 1. The maximum Gasteiger partial charge on any atom is 0.333 e. The zero-order valence-electron chi connectivity index (χ0n) is 17.9. The summed E-state index contributed by atoms with van der Waals surface area (Å²) in [5, 5.41) is 13.6. The highest BCUT2D eigenvalue weighted by molar-refractivity contribution is 6.32. The van der Waals surface area contributed by atoms with E-state index in [1.807, 2.05) is 0 Å². The zero-order valence-corrected chi connectivity index (χ0v) is 18.6. The topological polar surface area (TPSA) is 111 Å². The molecule has 1 aliphatic rings. The number of nitro benzene ring substituents is 1. The highest BCUT2D eigenvalue weighted by Crippen LogP contribution is 2.38. The average Bonchev–Trinajstić information content (AvgIpc) is 3.11. The molecule has 0 atom stereocenters. The van der Waals surface area contributed by atoms with Crippen LogP contribution in [-0.4, -0.2) is 24.0 Å². The molecule has 3 aromatic carbocycles. The number of benzene rings is 3. The number of ether oxygens (including phenoxy) is 2. The molecule has 4 rings (SSSR count). The molecule has 0 bridgehead atoms. The Balaban J connectivity index is 1.55. The maximum absolute atomic E-state index is 12.8. The molecule has 1 saturated heterocycles. The van der Waals surface area contributed by atoms with Crippen molar-refractivity contribution in [2.75, 3.05) is 12.0 Å². The number of urea groups is 1. The number of anilines is 1. The van der Waals surface area contributed by atoms with Crippen molar-refractivity contribution in [3.63, 3.8) is 0 Å². The standard InChI is InChI=1S/C24H18ClN3O6/c1-33-21-13-16(12-20-23(29)27(24(30)26-20)17-5-3-2-4-6-17)11-19(25)22(21)34-14-15-7-9-18(10-8-15)28(31)32/h2-13H,14H2,1H3,(H,26,30)/b20-12+. The Morgan fingerprint density at radius 1 is 1.09 bits per heavy atom. The SMILES string of the molecule is COc1cc(/C=C2/NC(=O)N(c3ccccc3)C2=O)cc(Cl)c1OCc1ccc([N+](=O)[O-])cc1. The summed E-state index contributed by atoms with van der Waals surface area (Å²) < 4.78 is 11.2. The van der Waals surface area contributed by atoms with Crippen LogP contribution in [0.4, 0.5) is 16.2 Å². The number of halogens is 1. The molecule has 0 spiro atoms. The molecule has 0 aromatic heterocycles. The second-order valence-electron chi connectivity index (χ2n) is 7.21. The quantitative estimate of drug-likeness (QED) is 0.222. The molecule has 3 aromatic rings. The van der Waals surface area contributed by atoms with E-state index < -0.39 is 16.9 Å². The summed E-state index contributed by atoms with van der Waals surface area (Å²) in [6.45, 7) is 0.106. The van der Waals surface area contributed by atoms with Gasteiger partial charge in [-0.1, -0.05) is 29.8 Å². The van der Waals surface area contributed by atoms with Crippen molar-refractivity contribution in [3.05, 3.63) is 98.7 Å². The molecular formula is C24H18ClN3O6. The van der Waals surface area contributed by atoms with E-state index >= 15 is 0 Å². The van der Waals surface area contributed by atoms with Crippen LogP contribution in [0.5, 0.6) is 11.5 Å². The monoisotopic (exact) mass is 479 g/mol. The number of rotatable bonds is 7. The first-order valence-corrected chi connectivity index (χ1v) is 10.4. The minimum Gasteiger partial charge on any atom is -0.493 e. The highest BCUT2D eigenvalue weighted by Gasteiger charge is 2.34. The normalized spacial score (nSPS) is 14.3. The van der Waals surface area contributed by atoms with Crippen LogP contribution in [0.25, 0.3) is 6.08 Å². The Kier molecular flexibility index (Phi) is 6.46. The molecule has 172 valence electrons. The molecule has 0 unspecified atom stereocenters. The lowest BCUT2D eigenvalue weighted by molar-refractivity contribution is -0.384. The summed E-state index contributed by atoms with van der Waals surface area (Å²) in [5.74, 6) is 0.0973. The van der Waals surface area contributed by atoms with E-state index in [2.05, 4.69) is 5.32 Å². The first-order chi connectivity index (χ1) is 16.4. The Hall–Kier alpha value is -4.37. The van der Waals surface area contributed by atoms with E-state index in [0.29, 0.717) is 22.6 Å². The van der Waals surface area contributed by atoms with E-state index in [0.717, 1.165) is 4.90 Å². The van der Waals surface area contributed by atoms with Gasteiger partial charge in [0.05, 0.1) is 22.7 Å². The summed E-state index contributed by atoms with van der Waals surface area (Å²) in [4.78, 5) is 36.5. The molecule has 1 fully saturated rings. The van der Waals surface area contributed by atoms with Crippen LogP contribution in [0, 0.1) is 10.1 Å². The third kappa shape index (κ3) is 4.69. The van der Waals surface area contributed by atoms with Gasteiger partial charge in [-0.2, -0.15) is 0 Å². The fourth-order valence-corrected chi connectivity index (χ4v) is 3.62. The first-order valence-electron chi connectivity index (χ1n) is 10.0. The summed E-state index contributed by atoms with van der Waals surface area (Å²) in [6.07, 6.45) is 1.50. The van der Waals surface area contributed by atoms with Crippen LogP contribution >= 0.6 is 11.6 Å². The first kappa shape index (κ1) is 22.8. The van der Waals surface area contributed by atoms with Crippen molar-refractivity contribution >= 4 is 41.0 Å².